The fraction of sp³-hybridized carbons (Fsp3) is 0.600. The molecule has 4 heteroatoms. The van der Waals surface area contributed by atoms with Crippen LogP contribution in [0.5, 0.6) is 0 Å². The maximum Gasteiger partial charge on any atom is 0.303 e. The Bertz CT molecular complexity index is 242. The highest BCUT2D eigenvalue weighted by atomic mass is 16.4. The van der Waals surface area contributed by atoms with Crippen molar-refractivity contribution < 1.29 is 14.7 Å². The van der Waals surface area contributed by atoms with E-state index in [-0.39, 0.29) is 24.8 Å². The van der Waals surface area contributed by atoms with Gasteiger partial charge in [0.15, 0.2) is 0 Å². The predicted molar refractivity (Wildman–Crippen MR) is 52.5 cm³/mol. The van der Waals surface area contributed by atoms with Gasteiger partial charge in [0.1, 0.15) is 0 Å². The second-order valence-corrected chi connectivity index (χ2v) is 3.14. The van der Waals surface area contributed by atoms with Crippen molar-refractivity contribution in [2.24, 2.45) is 0 Å². The highest BCUT2D eigenvalue weighted by Gasteiger charge is 2.06. The molecule has 0 aliphatic rings. The lowest BCUT2D eigenvalue weighted by Crippen LogP contribution is -2.32. The molecule has 0 fully saturated rings. The van der Waals surface area contributed by atoms with E-state index in [9.17, 15) is 9.59 Å². The summed E-state index contributed by atoms with van der Waals surface area (Å²) in [4.78, 5) is 21.2. The number of hydrogen-bond acceptors (Lipinski definition) is 2. The first-order valence-corrected chi connectivity index (χ1v) is 4.51. The average molecular weight is 197 g/mol. The molecule has 0 saturated carbocycles. The summed E-state index contributed by atoms with van der Waals surface area (Å²) in [5.74, 6) is 1.24. The zero-order chi connectivity index (χ0) is 11.0. The number of carboxylic acids is 1. The van der Waals surface area contributed by atoms with E-state index >= 15 is 0 Å². The Morgan fingerprint density at radius 3 is 2.71 bits per heavy atom. The van der Waals surface area contributed by atoms with Crippen molar-refractivity contribution in [1.29, 1.82) is 0 Å². The number of amides is 1. The lowest BCUT2D eigenvalue weighted by molar-refractivity contribution is -0.137. The summed E-state index contributed by atoms with van der Waals surface area (Å²) < 4.78 is 0. The Morgan fingerprint density at radius 1 is 1.57 bits per heavy atom. The van der Waals surface area contributed by atoms with E-state index in [0.717, 1.165) is 0 Å². The molecule has 0 heterocycles. The number of carbonyl (C=O) groups excluding carboxylic acids is 1. The van der Waals surface area contributed by atoms with Gasteiger partial charge in [0, 0.05) is 12.5 Å². The Balaban J connectivity index is 3.55. The van der Waals surface area contributed by atoms with E-state index in [2.05, 4.69) is 11.2 Å². The normalized spacial score (nSPS) is 11.4. The molecule has 0 radical (unpaired) electrons. The van der Waals surface area contributed by atoms with Crippen LogP contribution in [0.3, 0.4) is 0 Å². The minimum atomic E-state index is -0.813. The number of hydrogen-bond donors (Lipinski definition) is 2. The minimum absolute atomic E-state index is 0.0183. The topological polar surface area (TPSA) is 66.4 Å². The maximum absolute atomic E-state index is 11.0. The van der Waals surface area contributed by atoms with E-state index in [1.165, 1.54) is 0 Å². The molecule has 14 heavy (non-hydrogen) atoms. The smallest absolute Gasteiger partial charge is 0.303 e. The Kier molecular flexibility index (Phi) is 6.21. The first-order chi connectivity index (χ1) is 6.56. The van der Waals surface area contributed by atoms with Crippen LogP contribution in [0.25, 0.3) is 0 Å². The van der Waals surface area contributed by atoms with Crippen molar-refractivity contribution in [1.82, 2.24) is 5.32 Å². The van der Waals surface area contributed by atoms with Gasteiger partial charge in [-0.05, 0) is 19.8 Å². The number of rotatable bonds is 6. The molecule has 78 valence electrons. The van der Waals surface area contributed by atoms with Crippen LogP contribution in [0, 0.1) is 12.3 Å². The first kappa shape index (κ1) is 12.5. The number of aliphatic carboxylic acids is 1. The van der Waals surface area contributed by atoms with Crippen molar-refractivity contribution in [2.75, 3.05) is 0 Å². The number of terminal acetylenes is 1. The number of carbonyl (C=O) groups is 2. The second kappa shape index (κ2) is 6.96. The molecule has 0 aromatic rings. The fourth-order valence-corrected chi connectivity index (χ4v) is 1.05. The van der Waals surface area contributed by atoms with Gasteiger partial charge < -0.3 is 10.4 Å². The molecule has 2 N–H and O–H groups in total. The van der Waals surface area contributed by atoms with Crippen molar-refractivity contribution in [3.05, 3.63) is 0 Å². The van der Waals surface area contributed by atoms with Crippen molar-refractivity contribution in [3.8, 4) is 12.3 Å². The van der Waals surface area contributed by atoms with E-state index in [0.29, 0.717) is 12.8 Å². The molecule has 1 atom stereocenters. The Labute approximate surface area is 83.7 Å². The first-order valence-electron chi connectivity index (χ1n) is 4.51. The molecule has 0 rings (SSSR count). The quantitative estimate of drug-likeness (QED) is 0.618. The van der Waals surface area contributed by atoms with Gasteiger partial charge in [-0.1, -0.05) is 5.92 Å². The number of carboxylic acid groups (broad SMARTS) is 1. The highest BCUT2D eigenvalue weighted by Crippen LogP contribution is 2.00. The van der Waals surface area contributed by atoms with Gasteiger partial charge >= 0.3 is 5.97 Å². The van der Waals surface area contributed by atoms with Crippen LogP contribution < -0.4 is 5.32 Å². The SMILES string of the molecule is C#CCC(=O)NC(C)CCCC(=O)O. The van der Waals surface area contributed by atoms with E-state index in [1.807, 2.05) is 6.92 Å². The van der Waals surface area contributed by atoms with E-state index in [4.69, 9.17) is 11.5 Å². The fourth-order valence-electron chi connectivity index (χ4n) is 1.05. The van der Waals surface area contributed by atoms with Crippen LogP contribution in [-0.4, -0.2) is 23.0 Å². The Morgan fingerprint density at radius 2 is 2.21 bits per heavy atom. The minimum Gasteiger partial charge on any atom is -0.481 e. The molecule has 0 aliphatic heterocycles. The molecule has 0 aliphatic carbocycles. The third-order valence-corrected chi connectivity index (χ3v) is 1.70. The van der Waals surface area contributed by atoms with Gasteiger partial charge in [-0.15, -0.1) is 6.42 Å². The zero-order valence-corrected chi connectivity index (χ0v) is 8.25. The molecule has 0 bridgehead atoms. The highest BCUT2D eigenvalue weighted by molar-refractivity contribution is 5.78. The molecule has 0 aromatic carbocycles. The molecule has 1 unspecified atom stereocenters. The van der Waals surface area contributed by atoms with Gasteiger partial charge in [0.25, 0.3) is 0 Å². The summed E-state index contributed by atoms with van der Waals surface area (Å²) in [6.07, 6.45) is 6.38. The lowest BCUT2D eigenvalue weighted by Gasteiger charge is -2.11. The van der Waals surface area contributed by atoms with Gasteiger partial charge in [0.2, 0.25) is 5.91 Å². The summed E-state index contributed by atoms with van der Waals surface area (Å²) in [6.45, 7) is 1.83. The molecule has 0 aromatic heterocycles. The molecule has 1 amide bonds. The van der Waals surface area contributed by atoms with E-state index in [1.54, 1.807) is 0 Å². The summed E-state index contributed by atoms with van der Waals surface area (Å²) >= 11 is 0. The zero-order valence-electron chi connectivity index (χ0n) is 8.25. The second-order valence-electron chi connectivity index (χ2n) is 3.14. The lowest BCUT2D eigenvalue weighted by atomic mass is 10.1. The van der Waals surface area contributed by atoms with E-state index < -0.39 is 5.97 Å². The summed E-state index contributed by atoms with van der Waals surface area (Å²) in [5, 5.41) is 11.1. The predicted octanol–water partition coefficient (Wildman–Crippen LogP) is 0.769. The molecule has 0 spiro atoms. The van der Waals surface area contributed by atoms with Crippen LogP contribution in [0.2, 0.25) is 0 Å². The van der Waals surface area contributed by atoms with Gasteiger partial charge in [-0.2, -0.15) is 0 Å². The molecular formula is C10H15NO3. The third-order valence-electron chi connectivity index (χ3n) is 1.70. The van der Waals surface area contributed by atoms with Crippen molar-refractivity contribution in [2.45, 2.75) is 38.6 Å². The molecule has 4 nitrogen and oxygen atoms in total. The number of nitrogens with one attached hydrogen (secondary N) is 1. The third kappa shape index (κ3) is 7.17. The van der Waals surface area contributed by atoms with Crippen LogP contribution in [0.15, 0.2) is 0 Å². The van der Waals surface area contributed by atoms with Crippen LogP contribution in [0.4, 0.5) is 0 Å². The van der Waals surface area contributed by atoms with Gasteiger partial charge in [-0.25, -0.2) is 0 Å². The van der Waals surface area contributed by atoms with Gasteiger partial charge in [-0.3, -0.25) is 9.59 Å². The molecule has 0 saturated heterocycles. The van der Waals surface area contributed by atoms with Crippen molar-refractivity contribution in [3.63, 3.8) is 0 Å². The standard InChI is InChI=1S/C10H15NO3/c1-3-5-9(12)11-8(2)6-4-7-10(13)14/h1,8H,4-7H2,2H3,(H,11,12)(H,13,14). The van der Waals surface area contributed by atoms with Crippen molar-refractivity contribution >= 4 is 11.9 Å². The molecular weight excluding hydrogens is 182 g/mol. The Hall–Kier alpha value is -1.50. The average Bonchev–Trinajstić information content (AvgIpc) is 2.03. The largest absolute Gasteiger partial charge is 0.481 e. The van der Waals surface area contributed by atoms with Crippen LogP contribution in [-0.2, 0) is 9.59 Å². The van der Waals surface area contributed by atoms with Crippen LogP contribution >= 0.6 is 0 Å². The monoisotopic (exact) mass is 197 g/mol. The summed E-state index contributed by atoms with van der Waals surface area (Å²) in [5.41, 5.74) is 0. The summed E-state index contributed by atoms with van der Waals surface area (Å²) in [6, 6.07) is -0.0183. The van der Waals surface area contributed by atoms with Gasteiger partial charge in [0.05, 0.1) is 6.42 Å². The summed E-state index contributed by atoms with van der Waals surface area (Å²) in [7, 11) is 0. The maximum atomic E-state index is 11.0. The van der Waals surface area contributed by atoms with Crippen LogP contribution in [0.1, 0.15) is 32.6 Å².